The SMILES string of the molecule is COc1c(F)cccc1[C@@H](O)[C@@H](C)N. The second-order valence-electron chi connectivity index (χ2n) is 3.17. The zero-order chi connectivity index (χ0) is 10.7. The van der Waals surface area contributed by atoms with Crippen LogP contribution in [0.2, 0.25) is 0 Å². The van der Waals surface area contributed by atoms with E-state index >= 15 is 0 Å². The predicted octanol–water partition coefficient (Wildman–Crippen LogP) is 1.21. The first-order valence-electron chi connectivity index (χ1n) is 4.34. The normalized spacial score (nSPS) is 14.9. The van der Waals surface area contributed by atoms with Crippen molar-refractivity contribution in [3.05, 3.63) is 29.6 Å². The first kappa shape index (κ1) is 10.9. The van der Waals surface area contributed by atoms with Crippen LogP contribution < -0.4 is 10.5 Å². The van der Waals surface area contributed by atoms with E-state index in [1.165, 1.54) is 19.2 Å². The van der Waals surface area contributed by atoms with Gasteiger partial charge in [-0.3, -0.25) is 0 Å². The van der Waals surface area contributed by atoms with Crippen molar-refractivity contribution in [1.29, 1.82) is 0 Å². The summed E-state index contributed by atoms with van der Waals surface area (Å²) in [6.45, 7) is 1.65. The Balaban J connectivity index is 3.13. The summed E-state index contributed by atoms with van der Waals surface area (Å²) in [6, 6.07) is 3.91. The summed E-state index contributed by atoms with van der Waals surface area (Å²) in [5, 5.41) is 9.66. The molecule has 1 aromatic carbocycles. The Morgan fingerprint density at radius 2 is 2.14 bits per heavy atom. The topological polar surface area (TPSA) is 55.5 Å². The molecule has 1 aromatic rings. The summed E-state index contributed by atoms with van der Waals surface area (Å²) in [5.41, 5.74) is 5.89. The molecule has 0 heterocycles. The maximum atomic E-state index is 13.2. The molecule has 3 nitrogen and oxygen atoms in total. The third-order valence-electron chi connectivity index (χ3n) is 2.02. The number of rotatable bonds is 3. The van der Waals surface area contributed by atoms with E-state index < -0.39 is 18.0 Å². The van der Waals surface area contributed by atoms with Crippen LogP contribution in [-0.2, 0) is 0 Å². The van der Waals surface area contributed by atoms with Gasteiger partial charge in [0, 0.05) is 11.6 Å². The van der Waals surface area contributed by atoms with Gasteiger partial charge in [0.2, 0.25) is 0 Å². The van der Waals surface area contributed by atoms with Crippen LogP contribution in [0.1, 0.15) is 18.6 Å². The molecule has 0 aromatic heterocycles. The minimum absolute atomic E-state index is 0.0531. The number of halogens is 1. The molecule has 0 saturated heterocycles. The fourth-order valence-electron chi connectivity index (χ4n) is 1.26. The maximum absolute atomic E-state index is 13.2. The molecule has 0 fully saturated rings. The standard InChI is InChI=1S/C10H14FNO2/c1-6(12)9(13)7-4-3-5-8(11)10(7)14-2/h3-6,9,13H,12H2,1-2H3/t6-,9+/m1/s1. The van der Waals surface area contributed by atoms with Crippen LogP contribution in [-0.4, -0.2) is 18.3 Å². The van der Waals surface area contributed by atoms with E-state index in [1.54, 1.807) is 13.0 Å². The third kappa shape index (κ3) is 2.02. The molecule has 0 saturated carbocycles. The third-order valence-corrected chi connectivity index (χ3v) is 2.02. The number of nitrogens with two attached hydrogens (primary N) is 1. The Morgan fingerprint density at radius 1 is 1.50 bits per heavy atom. The molecular formula is C10H14FNO2. The average Bonchev–Trinajstić information content (AvgIpc) is 2.16. The minimum Gasteiger partial charge on any atom is -0.493 e. The Morgan fingerprint density at radius 3 is 2.64 bits per heavy atom. The van der Waals surface area contributed by atoms with Crippen LogP contribution in [0.4, 0.5) is 4.39 Å². The molecule has 0 aliphatic carbocycles. The molecule has 0 unspecified atom stereocenters. The van der Waals surface area contributed by atoms with Crippen LogP contribution in [0, 0.1) is 5.82 Å². The van der Waals surface area contributed by atoms with E-state index in [9.17, 15) is 9.50 Å². The molecule has 0 bridgehead atoms. The monoisotopic (exact) mass is 199 g/mol. The summed E-state index contributed by atoms with van der Waals surface area (Å²) < 4.78 is 18.1. The van der Waals surface area contributed by atoms with E-state index in [-0.39, 0.29) is 5.75 Å². The maximum Gasteiger partial charge on any atom is 0.165 e. The van der Waals surface area contributed by atoms with Crippen molar-refractivity contribution in [2.75, 3.05) is 7.11 Å². The van der Waals surface area contributed by atoms with Crippen molar-refractivity contribution in [2.24, 2.45) is 5.73 Å². The van der Waals surface area contributed by atoms with E-state index in [2.05, 4.69) is 0 Å². The molecule has 0 aliphatic heterocycles. The van der Waals surface area contributed by atoms with Crippen molar-refractivity contribution >= 4 is 0 Å². The molecular weight excluding hydrogens is 185 g/mol. The molecule has 14 heavy (non-hydrogen) atoms. The minimum atomic E-state index is -0.916. The number of aliphatic hydroxyl groups excluding tert-OH is 1. The van der Waals surface area contributed by atoms with E-state index in [4.69, 9.17) is 10.5 Å². The zero-order valence-electron chi connectivity index (χ0n) is 8.20. The van der Waals surface area contributed by atoms with Crippen molar-refractivity contribution < 1.29 is 14.2 Å². The summed E-state index contributed by atoms with van der Waals surface area (Å²) in [4.78, 5) is 0. The number of hydrogen-bond donors (Lipinski definition) is 2. The lowest BCUT2D eigenvalue weighted by Crippen LogP contribution is -2.24. The van der Waals surface area contributed by atoms with Crippen LogP contribution in [0.5, 0.6) is 5.75 Å². The molecule has 0 radical (unpaired) electrons. The Kier molecular flexibility index (Phi) is 3.43. The van der Waals surface area contributed by atoms with Gasteiger partial charge < -0.3 is 15.6 Å². The quantitative estimate of drug-likeness (QED) is 0.769. The average molecular weight is 199 g/mol. The van der Waals surface area contributed by atoms with E-state index in [0.717, 1.165) is 0 Å². The molecule has 1 rings (SSSR count). The Bertz CT molecular complexity index is 315. The molecule has 0 aliphatic rings. The largest absolute Gasteiger partial charge is 0.493 e. The van der Waals surface area contributed by atoms with Crippen molar-refractivity contribution in [3.63, 3.8) is 0 Å². The first-order valence-corrected chi connectivity index (χ1v) is 4.34. The van der Waals surface area contributed by atoms with Gasteiger partial charge in [0.05, 0.1) is 13.2 Å². The van der Waals surface area contributed by atoms with Gasteiger partial charge in [-0.25, -0.2) is 4.39 Å². The van der Waals surface area contributed by atoms with Gasteiger partial charge in [-0.15, -0.1) is 0 Å². The lowest BCUT2D eigenvalue weighted by molar-refractivity contribution is 0.148. The molecule has 2 atom stereocenters. The lowest BCUT2D eigenvalue weighted by Gasteiger charge is -2.17. The van der Waals surface area contributed by atoms with Crippen LogP contribution in [0.3, 0.4) is 0 Å². The fourth-order valence-corrected chi connectivity index (χ4v) is 1.26. The van der Waals surface area contributed by atoms with Crippen LogP contribution in [0.15, 0.2) is 18.2 Å². The smallest absolute Gasteiger partial charge is 0.165 e. The molecule has 3 N–H and O–H groups in total. The van der Waals surface area contributed by atoms with Crippen molar-refractivity contribution in [2.45, 2.75) is 19.1 Å². The number of benzene rings is 1. The van der Waals surface area contributed by atoms with Gasteiger partial charge in [-0.05, 0) is 13.0 Å². The predicted molar refractivity (Wildman–Crippen MR) is 51.6 cm³/mol. The van der Waals surface area contributed by atoms with E-state index in [1.807, 2.05) is 0 Å². The Labute approximate surface area is 82.3 Å². The van der Waals surface area contributed by atoms with Gasteiger partial charge in [0.25, 0.3) is 0 Å². The fraction of sp³-hybridized carbons (Fsp3) is 0.400. The summed E-state index contributed by atoms with van der Waals surface area (Å²) >= 11 is 0. The number of ether oxygens (including phenoxy) is 1. The highest BCUT2D eigenvalue weighted by atomic mass is 19.1. The Hall–Kier alpha value is -1.13. The number of para-hydroxylation sites is 1. The van der Waals surface area contributed by atoms with Gasteiger partial charge in [-0.1, -0.05) is 12.1 Å². The molecule has 78 valence electrons. The molecule has 4 heteroatoms. The number of methoxy groups -OCH3 is 1. The van der Waals surface area contributed by atoms with Crippen molar-refractivity contribution in [3.8, 4) is 5.75 Å². The molecule has 0 amide bonds. The number of aliphatic hydroxyl groups is 1. The number of hydrogen-bond acceptors (Lipinski definition) is 3. The summed E-state index contributed by atoms with van der Waals surface area (Å²) in [7, 11) is 1.36. The highest BCUT2D eigenvalue weighted by molar-refractivity contribution is 5.37. The second kappa shape index (κ2) is 4.39. The first-order chi connectivity index (χ1) is 6.57. The summed E-state index contributed by atoms with van der Waals surface area (Å²) in [5.74, 6) is -0.443. The highest BCUT2D eigenvalue weighted by Gasteiger charge is 2.19. The van der Waals surface area contributed by atoms with Gasteiger partial charge in [-0.2, -0.15) is 0 Å². The van der Waals surface area contributed by atoms with Crippen LogP contribution >= 0.6 is 0 Å². The lowest BCUT2D eigenvalue weighted by atomic mass is 10.0. The second-order valence-corrected chi connectivity index (χ2v) is 3.17. The van der Waals surface area contributed by atoms with Gasteiger partial charge >= 0.3 is 0 Å². The zero-order valence-corrected chi connectivity index (χ0v) is 8.20. The highest BCUT2D eigenvalue weighted by Crippen LogP contribution is 2.28. The van der Waals surface area contributed by atoms with Crippen LogP contribution in [0.25, 0.3) is 0 Å². The van der Waals surface area contributed by atoms with Crippen molar-refractivity contribution in [1.82, 2.24) is 0 Å². The van der Waals surface area contributed by atoms with Gasteiger partial charge in [0.1, 0.15) is 0 Å². The summed E-state index contributed by atoms with van der Waals surface area (Å²) in [6.07, 6.45) is -0.916. The van der Waals surface area contributed by atoms with Gasteiger partial charge in [0.15, 0.2) is 11.6 Å². The molecule has 0 spiro atoms. The van der Waals surface area contributed by atoms with E-state index in [0.29, 0.717) is 5.56 Å².